The van der Waals surface area contributed by atoms with E-state index in [1.807, 2.05) is 0 Å². The highest BCUT2D eigenvalue weighted by atomic mass is 19.4. The van der Waals surface area contributed by atoms with Crippen LogP contribution in [0.2, 0.25) is 0 Å². The van der Waals surface area contributed by atoms with Crippen molar-refractivity contribution in [3.8, 4) is 0 Å². The largest absolute Gasteiger partial charge is 0.462 e. The van der Waals surface area contributed by atoms with E-state index in [4.69, 9.17) is 0 Å². The Hall–Kier alpha value is -2.42. The Morgan fingerprint density at radius 1 is 1.14 bits per heavy atom. The van der Waals surface area contributed by atoms with Gasteiger partial charge in [-0.2, -0.15) is 27.5 Å². The number of fused-ring (bicyclic) bond motifs is 1. The van der Waals surface area contributed by atoms with E-state index in [0.29, 0.717) is 5.56 Å². The van der Waals surface area contributed by atoms with Crippen molar-refractivity contribution in [3.05, 3.63) is 35.9 Å². The topological polar surface area (TPSA) is 52.7 Å². The van der Waals surface area contributed by atoms with E-state index in [1.54, 1.807) is 30.3 Å². The molecule has 0 amide bonds. The molecule has 2 aliphatic rings. The molecule has 1 aromatic rings. The van der Waals surface area contributed by atoms with Crippen molar-refractivity contribution in [3.63, 3.8) is 0 Å². The second-order valence-corrected chi connectivity index (χ2v) is 4.60. The summed E-state index contributed by atoms with van der Waals surface area (Å²) in [7, 11) is 0. The second kappa shape index (κ2) is 5.09. The van der Waals surface area contributed by atoms with Crippen LogP contribution >= 0.6 is 0 Å². The molecular weight excluding hydrogens is 302 g/mol. The van der Waals surface area contributed by atoms with Gasteiger partial charge in [0.15, 0.2) is 5.84 Å². The average Bonchev–Trinajstić information content (AvgIpc) is 2.88. The SMILES string of the molecule is FC1=NC2=NC=NC2(N(Cc2ccccc2)C(F)(F)F)C=N1. The molecule has 0 N–H and O–H groups in total. The first kappa shape index (κ1) is 14.5. The molecule has 1 unspecified atom stereocenters. The predicted octanol–water partition coefficient (Wildman–Crippen LogP) is 2.56. The Morgan fingerprint density at radius 3 is 2.55 bits per heavy atom. The smallest absolute Gasteiger partial charge is 0.237 e. The molecule has 0 saturated heterocycles. The highest BCUT2D eigenvalue weighted by Gasteiger charge is 2.55. The number of alkyl halides is 3. The summed E-state index contributed by atoms with van der Waals surface area (Å²) < 4.78 is 53.6. The van der Waals surface area contributed by atoms with Crippen LogP contribution in [0.15, 0.2) is 50.3 Å². The molecule has 2 heterocycles. The molecule has 0 aromatic heterocycles. The lowest BCUT2D eigenvalue weighted by Crippen LogP contribution is -2.59. The number of nitrogens with zero attached hydrogens (tertiary/aromatic N) is 5. The molecule has 1 atom stereocenters. The molecule has 0 radical (unpaired) electrons. The van der Waals surface area contributed by atoms with Gasteiger partial charge in [0, 0.05) is 6.54 Å². The maximum Gasteiger partial charge on any atom is 0.462 e. The van der Waals surface area contributed by atoms with Crippen LogP contribution in [0.1, 0.15) is 5.56 Å². The van der Waals surface area contributed by atoms with Crippen LogP contribution in [0.5, 0.6) is 0 Å². The number of hydrogen-bond donors (Lipinski definition) is 0. The molecule has 9 heteroatoms. The first-order chi connectivity index (χ1) is 10.4. The zero-order valence-electron chi connectivity index (χ0n) is 11.0. The highest BCUT2D eigenvalue weighted by molar-refractivity contribution is 6.19. The second-order valence-electron chi connectivity index (χ2n) is 4.60. The van der Waals surface area contributed by atoms with Gasteiger partial charge in [-0.1, -0.05) is 30.3 Å². The minimum absolute atomic E-state index is 0.122. The van der Waals surface area contributed by atoms with Crippen molar-refractivity contribution in [2.24, 2.45) is 20.0 Å². The molecule has 0 aliphatic carbocycles. The Morgan fingerprint density at radius 2 is 1.86 bits per heavy atom. The van der Waals surface area contributed by atoms with E-state index in [1.165, 1.54) is 0 Å². The summed E-state index contributed by atoms with van der Waals surface area (Å²) in [5.74, 6) is -0.395. The summed E-state index contributed by atoms with van der Waals surface area (Å²) in [6, 6.07) is 8.05. The van der Waals surface area contributed by atoms with E-state index in [0.717, 1.165) is 12.6 Å². The first-order valence-corrected chi connectivity index (χ1v) is 6.21. The number of benzene rings is 1. The van der Waals surface area contributed by atoms with E-state index in [2.05, 4.69) is 20.0 Å². The maximum absolute atomic E-state index is 13.5. The van der Waals surface area contributed by atoms with Gasteiger partial charge >= 0.3 is 12.4 Å². The van der Waals surface area contributed by atoms with Gasteiger partial charge < -0.3 is 0 Å². The third-order valence-corrected chi connectivity index (χ3v) is 3.21. The monoisotopic (exact) mass is 311 g/mol. The van der Waals surface area contributed by atoms with Crippen LogP contribution in [0.4, 0.5) is 17.6 Å². The molecule has 0 fully saturated rings. The van der Waals surface area contributed by atoms with Gasteiger partial charge in [0.2, 0.25) is 5.66 Å². The van der Waals surface area contributed by atoms with E-state index in [-0.39, 0.29) is 4.90 Å². The Balaban J connectivity index is 2.02. The molecule has 2 aliphatic heterocycles. The summed E-state index contributed by atoms with van der Waals surface area (Å²) in [5.41, 5.74) is -1.65. The van der Waals surface area contributed by atoms with Crippen LogP contribution in [0.3, 0.4) is 0 Å². The summed E-state index contributed by atoms with van der Waals surface area (Å²) in [4.78, 5) is 14.1. The lowest BCUT2D eigenvalue weighted by Gasteiger charge is -2.37. The minimum Gasteiger partial charge on any atom is -0.237 e. The van der Waals surface area contributed by atoms with Crippen LogP contribution < -0.4 is 0 Å². The third-order valence-electron chi connectivity index (χ3n) is 3.21. The number of hydrogen-bond acceptors (Lipinski definition) is 5. The van der Waals surface area contributed by atoms with Crippen molar-refractivity contribution in [1.29, 1.82) is 0 Å². The van der Waals surface area contributed by atoms with Gasteiger partial charge in [-0.05, 0) is 5.56 Å². The molecule has 5 nitrogen and oxygen atoms in total. The molecule has 114 valence electrons. The van der Waals surface area contributed by atoms with Crippen molar-refractivity contribution >= 4 is 24.5 Å². The minimum atomic E-state index is -4.74. The summed E-state index contributed by atoms with van der Waals surface area (Å²) in [5, 5.41) is 0. The fourth-order valence-electron chi connectivity index (χ4n) is 2.22. The molecular formula is C13H9F4N5. The van der Waals surface area contributed by atoms with Crippen LogP contribution in [-0.4, -0.2) is 41.3 Å². The number of halogens is 4. The predicted molar refractivity (Wildman–Crippen MR) is 73.7 cm³/mol. The molecule has 1 aromatic carbocycles. The molecule has 0 spiro atoms. The molecule has 3 rings (SSSR count). The van der Waals surface area contributed by atoms with Crippen LogP contribution in [0.25, 0.3) is 0 Å². The van der Waals surface area contributed by atoms with Gasteiger partial charge in [0.1, 0.15) is 6.34 Å². The van der Waals surface area contributed by atoms with Crippen molar-refractivity contribution < 1.29 is 17.6 Å². The van der Waals surface area contributed by atoms with Crippen LogP contribution in [-0.2, 0) is 6.54 Å². The third kappa shape index (κ3) is 2.43. The molecule has 0 saturated carbocycles. The Kier molecular flexibility index (Phi) is 3.36. The van der Waals surface area contributed by atoms with Gasteiger partial charge in [-0.15, -0.1) is 0 Å². The standard InChI is InChI=1S/C13H9F4N5/c14-11-18-7-12(10(21-11)19-8-20-12)22(13(15,16)17)6-9-4-2-1-3-5-9/h1-5,7-8H,6H2. The summed E-state index contributed by atoms with van der Waals surface area (Å²) in [6.45, 7) is -0.496. The van der Waals surface area contributed by atoms with Crippen molar-refractivity contribution in [2.75, 3.05) is 0 Å². The van der Waals surface area contributed by atoms with Gasteiger partial charge in [0.25, 0.3) is 0 Å². The zero-order chi connectivity index (χ0) is 15.8. The fourth-order valence-corrected chi connectivity index (χ4v) is 2.22. The number of rotatable bonds is 3. The summed E-state index contributed by atoms with van der Waals surface area (Å²) in [6.07, 6.45) is -4.20. The quantitative estimate of drug-likeness (QED) is 0.625. The van der Waals surface area contributed by atoms with E-state index in [9.17, 15) is 17.6 Å². The average molecular weight is 311 g/mol. The Bertz CT molecular complexity index is 692. The number of aliphatic imine (C=N–C) groups is 4. The van der Waals surface area contributed by atoms with Gasteiger partial charge in [0.05, 0.1) is 6.21 Å². The normalized spacial score (nSPS) is 23.5. The van der Waals surface area contributed by atoms with Gasteiger partial charge in [-0.3, -0.25) is 0 Å². The van der Waals surface area contributed by atoms with Crippen molar-refractivity contribution in [1.82, 2.24) is 4.90 Å². The zero-order valence-corrected chi connectivity index (χ0v) is 11.0. The lowest BCUT2D eigenvalue weighted by atomic mass is 10.1. The number of amidine groups is 2. The molecule has 22 heavy (non-hydrogen) atoms. The fraction of sp³-hybridized carbons (Fsp3) is 0.231. The highest BCUT2D eigenvalue weighted by Crippen LogP contribution is 2.36. The Labute approximate surface area is 122 Å². The lowest BCUT2D eigenvalue weighted by molar-refractivity contribution is -0.261. The van der Waals surface area contributed by atoms with Gasteiger partial charge in [-0.25, -0.2) is 15.0 Å². The first-order valence-electron chi connectivity index (χ1n) is 6.21. The molecule has 0 bridgehead atoms. The van der Waals surface area contributed by atoms with E-state index < -0.39 is 30.4 Å². The summed E-state index contributed by atoms with van der Waals surface area (Å²) >= 11 is 0. The van der Waals surface area contributed by atoms with Crippen molar-refractivity contribution in [2.45, 2.75) is 18.5 Å². The van der Waals surface area contributed by atoms with E-state index >= 15 is 0 Å². The van der Waals surface area contributed by atoms with Crippen LogP contribution in [0, 0.1) is 0 Å². The maximum atomic E-state index is 13.5.